The van der Waals surface area contributed by atoms with E-state index in [1.165, 1.54) is 0 Å². The number of carbonyl (C=O) groups excluding carboxylic acids is 1. The lowest BCUT2D eigenvalue weighted by Gasteiger charge is -2.36. The number of nitrogens with one attached hydrogen (secondary N) is 2. The molecule has 1 heterocycles. The maximum Gasteiger partial charge on any atom is 0.234 e. The van der Waals surface area contributed by atoms with Gasteiger partial charge >= 0.3 is 0 Å². The third-order valence-corrected chi connectivity index (χ3v) is 4.89. The van der Waals surface area contributed by atoms with Crippen molar-refractivity contribution in [1.82, 2.24) is 20.4 Å². The van der Waals surface area contributed by atoms with Crippen LogP contribution in [0.5, 0.6) is 5.75 Å². The normalized spacial score (nSPS) is 15.3. The minimum Gasteiger partial charge on any atom is -0.493 e. The Hall–Kier alpha value is -2.32. The van der Waals surface area contributed by atoms with Crippen molar-refractivity contribution in [3.05, 3.63) is 29.8 Å². The number of hydrogen-bond acceptors (Lipinski definition) is 5. The molecule has 0 spiro atoms. The first kappa shape index (κ1) is 24.9. The van der Waals surface area contributed by atoms with E-state index < -0.39 is 0 Å². The molecule has 2 N–H and O–H groups in total. The summed E-state index contributed by atoms with van der Waals surface area (Å²) in [6.07, 6.45) is 0.870. The molecule has 31 heavy (non-hydrogen) atoms. The van der Waals surface area contributed by atoms with Crippen LogP contribution in [0.2, 0.25) is 0 Å². The summed E-state index contributed by atoms with van der Waals surface area (Å²) in [5.41, 5.74) is 1.11. The molecule has 0 aromatic heterocycles. The molecule has 0 aliphatic carbocycles. The van der Waals surface area contributed by atoms with Crippen molar-refractivity contribution in [3.8, 4) is 5.75 Å². The number of piperazine rings is 1. The van der Waals surface area contributed by atoms with Gasteiger partial charge in [-0.25, -0.2) is 4.99 Å². The monoisotopic (exact) mass is 433 g/mol. The predicted molar refractivity (Wildman–Crippen MR) is 125 cm³/mol. The summed E-state index contributed by atoms with van der Waals surface area (Å²) in [5.74, 6) is 1.87. The minimum atomic E-state index is 0.0911. The molecular weight excluding hydrogens is 394 g/mol. The van der Waals surface area contributed by atoms with E-state index in [0.717, 1.165) is 56.4 Å². The Balaban J connectivity index is 1.87. The van der Waals surface area contributed by atoms with E-state index in [-0.39, 0.29) is 11.9 Å². The number of ether oxygens (including phenoxy) is 2. The molecule has 174 valence electrons. The van der Waals surface area contributed by atoms with Gasteiger partial charge in [-0.15, -0.1) is 0 Å². The van der Waals surface area contributed by atoms with Crippen molar-refractivity contribution in [2.75, 3.05) is 59.6 Å². The molecule has 1 amide bonds. The summed E-state index contributed by atoms with van der Waals surface area (Å²) in [6, 6.07) is 8.27. The van der Waals surface area contributed by atoms with Gasteiger partial charge in [-0.3, -0.25) is 9.69 Å². The zero-order valence-electron chi connectivity index (χ0n) is 19.5. The van der Waals surface area contributed by atoms with Crippen molar-refractivity contribution < 1.29 is 14.3 Å². The van der Waals surface area contributed by atoms with E-state index in [2.05, 4.69) is 33.4 Å². The first-order valence-corrected chi connectivity index (χ1v) is 11.3. The lowest BCUT2D eigenvalue weighted by molar-refractivity contribution is -0.123. The Labute approximate surface area is 187 Å². The second-order valence-electron chi connectivity index (χ2n) is 8.00. The molecule has 0 bridgehead atoms. The predicted octanol–water partition coefficient (Wildman–Crippen LogP) is 1.71. The average Bonchev–Trinajstić information content (AvgIpc) is 2.74. The smallest absolute Gasteiger partial charge is 0.234 e. The number of aliphatic imine (C=N–C) groups is 1. The molecule has 0 saturated carbocycles. The maximum atomic E-state index is 12.0. The van der Waals surface area contributed by atoms with E-state index in [4.69, 9.17) is 14.5 Å². The number of methoxy groups -OCH3 is 1. The highest BCUT2D eigenvalue weighted by molar-refractivity contribution is 5.80. The minimum absolute atomic E-state index is 0.0911. The molecular formula is C23H39N5O3. The lowest BCUT2D eigenvalue weighted by atomic mass is 10.2. The van der Waals surface area contributed by atoms with Crippen LogP contribution in [0.3, 0.4) is 0 Å². The largest absolute Gasteiger partial charge is 0.493 e. The number of hydrogen-bond donors (Lipinski definition) is 2. The quantitative estimate of drug-likeness (QED) is 0.314. The molecule has 1 saturated heterocycles. The zero-order chi connectivity index (χ0) is 22.5. The Kier molecular flexibility index (Phi) is 11.2. The van der Waals surface area contributed by atoms with E-state index in [1.54, 1.807) is 7.11 Å². The van der Waals surface area contributed by atoms with Crippen LogP contribution in [0.4, 0.5) is 0 Å². The van der Waals surface area contributed by atoms with Crippen LogP contribution < -0.4 is 15.4 Å². The molecule has 0 atom stereocenters. The Morgan fingerprint density at radius 2 is 1.97 bits per heavy atom. The van der Waals surface area contributed by atoms with Crippen LogP contribution in [0.25, 0.3) is 0 Å². The fourth-order valence-corrected chi connectivity index (χ4v) is 3.41. The van der Waals surface area contributed by atoms with E-state index in [9.17, 15) is 4.79 Å². The summed E-state index contributed by atoms with van der Waals surface area (Å²) in [7, 11) is 1.70. The molecule has 8 nitrogen and oxygen atoms in total. The highest BCUT2D eigenvalue weighted by Crippen LogP contribution is 2.15. The molecule has 0 radical (unpaired) electrons. The highest BCUT2D eigenvalue weighted by Gasteiger charge is 2.21. The first-order chi connectivity index (χ1) is 15.0. The zero-order valence-corrected chi connectivity index (χ0v) is 19.5. The fourth-order valence-electron chi connectivity index (χ4n) is 3.41. The van der Waals surface area contributed by atoms with Crippen LogP contribution >= 0.6 is 0 Å². The lowest BCUT2D eigenvalue weighted by Crippen LogP contribution is -2.54. The Morgan fingerprint density at radius 1 is 1.19 bits per heavy atom. The Bertz CT molecular complexity index is 688. The number of nitrogens with zero attached hydrogens (tertiary/aromatic N) is 3. The molecule has 1 fully saturated rings. The van der Waals surface area contributed by atoms with Gasteiger partial charge in [-0.1, -0.05) is 12.1 Å². The van der Waals surface area contributed by atoms with Gasteiger partial charge in [-0.2, -0.15) is 0 Å². The van der Waals surface area contributed by atoms with Crippen LogP contribution in [0.15, 0.2) is 29.3 Å². The number of amides is 1. The summed E-state index contributed by atoms with van der Waals surface area (Å²) in [6.45, 7) is 12.7. The van der Waals surface area contributed by atoms with Gasteiger partial charge in [0.05, 0.1) is 19.7 Å². The van der Waals surface area contributed by atoms with Gasteiger partial charge < -0.3 is 25.0 Å². The molecule has 1 aliphatic rings. The Morgan fingerprint density at radius 3 is 2.65 bits per heavy atom. The van der Waals surface area contributed by atoms with Gasteiger partial charge in [0.15, 0.2) is 5.96 Å². The molecule has 2 rings (SSSR count). The topological polar surface area (TPSA) is 78.4 Å². The first-order valence-electron chi connectivity index (χ1n) is 11.3. The van der Waals surface area contributed by atoms with Gasteiger partial charge in [-0.05, 0) is 38.5 Å². The molecule has 0 unspecified atom stereocenters. The summed E-state index contributed by atoms with van der Waals surface area (Å²) in [5, 5.41) is 6.36. The van der Waals surface area contributed by atoms with Gasteiger partial charge in [0.1, 0.15) is 5.75 Å². The van der Waals surface area contributed by atoms with Crippen LogP contribution in [0, 0.1) is 0 Å². The summed E-state index contributed by atoms with van der Waals surface area (Å²) < 4.78 is 10.9. The highest BCUT2D eigenvalue weighted by atomic mass is 16.5. The van der Waals surface area contributed by atoms with E-state index >= 15 is 0 Å². The van der Waals surface area contributed by atoms with Crippen molar-refractivity contribution in [1.29, 1.82) is 0 Å². The second kappa shape index (κ2) is 13.9. The van der Waals surface area contributed by atoms with Crippen molar-refractivity contribution in [2.45, 2.75) is 39.8 Å². The fraction of sp³-hybridized carbons (Fsp3) is 0.652. The van der Waals surface area contributed by atoms with Crippen molar-refractivity contribution >= 4 is 11.9 Å². The SMILES string of the molecule is CCNC(=NCc1cccc(OCCCOC)c1)N1CCN(CC(=O)NC(C)C)CC1. The average molecular weight is 434 g/mol. The van der Waals surface area contributed by atoms with Gasteiger partial charge in [0.25, 0.3) is 0 Å². The summed E-state index contributed by atoms with van der Waals surface area (Å²) in [4.78, 5) is 21.3. The molecule has 1 aliphatic heterocycles. The van der Waals surface area contributed by atoms with E-state index in [1.807, 2.05) is 32.0 Å². The third kappa shape index (κ3) is 9.57. The van der Waals surface area contributed by atoms with Crippen LogP contribution in [-0.2, 0) is 16.1 Å². The second-order valence-corrected chi connectivity index (χ2v) is 8.00. The van der Waals surface area contributed by atoms with Crippen LogP contribution in [-0.4, -0.2) is 87.3 Å². The molecule has 1 aromatic carbocycles. The summed E-state index contributed by atoms with van der Waals surface area (Å²) >= 11 is 0. The maximum absolute atomic E-state index is 12.0. The number of guanidine groups is 1. The van der Waals surface area contributed by atoms with E-state index in [0.29, 0.717) is 26.3 Å². The van der Waals surface area contributed by atoms with Crippen molar-refractivity contribution in [3.63, 3.8) is 0 Å². The molecule has 8 heteroatoms. The number of benzene rings is 1. The third-order valence-electron chi connectivity index (χ3n) is 4.89. The standard InChI is InChI=1S/C23H39N5O3/c1-5-24-23(28-12-10-27(11-13-28)18-22(29)26-19(2)3)25-17-20-8-6-9-21(16-20)31-15-7-14-30-4/h6,8-9,16,19H,5,7,10-15,17-18H2,1-4H3,(H,24,25)(H,26,29). The number of carbonyl (C=O) groups is 1. The van der Waals surface area contributed by atoms with Crippen molar-refractivity contribution in [2.24, 2.45) is 4.99 Å². The van der Waals surface area contributed by atoms with Gasteiger partial charge in [0.2, 0.25) is 5.91 Å². The molecule has 1 aromatic rings. The van der Waals surface area contributed by atoms with Crippen LogP contribution in [0.1, 0.15) is 32.8 Å². The number of rotatable bonds is 11. The van der Waals surface area contributed by atoms with Gasteiger partial charge in [0, 0.05) is 58.9 Å².